The number of nitrogens with one attached hydrogen (secondary N) is 2. The molecule has 4 aliphatic rings. The Bertz CT molecular complexity index is 580. The normalized spacial score (nSPS) is 35.8. The highest BCUT2D eigenvalue weighted by molar-refractivity contribution is 7.80. The van der Waals surface area contributed by atoms with Crippen LogP contribution in [0, 0.1) is 23.2 Å². The van der Waals surface area contributed by atoms with Crippen LogP contribution in [0.3, 0.4) is 0 Å². The van der Waals surface area contributed by atoms with Gasteiger partial charge in [-0.1, -0.05) is 12.1 Å². The number of anilines is 1. The lowest BCUT2D eigenvalue weighted by Gasteiger charge is -2.59. The lowest BCUT2D eigenvalue weighted by Crippen LogP contribution is -2.56. The van der Waals surface area contributed by atoms with Crippen LogP contribution in [0.15, 0.2) is 29.2 Å². The number of urea groups is 1. The first-order valence-corrected chi connectivity index (χ1v) is 9.34. The fourth-order valence-electron chi connectivity index (χ4n) is 5.80. The average Bonchev–Trinajstić information content (AvgIpc) is 2.48. The van der Waals surface area contributed by atoms with Crippen LogP contribution in [-0.2, 0) is 0 Å². The van der Waals surface area contributed by atoms with Crippen molar-refractivity contribution in [1.29, 1.82) is 0 Å². The molecule has 4 bridgehead atoms. The van der Waals surface area contributed by atoms with Crippen LogP contribution in [0.25, 0.3) is 0 Å². The second-order valence-electron chi connectivity index (χ2n) is 8.12. The molecule has 4 fully saturated rings. The van der Waals surface area contributed by atoms with E-state index in [0.29, 0.717) is 5.41 Å². The third kappa shape index (κ3) is 2.86. The van der Waals surface area contributed by atoms with Gasteiger partial charge in [-0.2, -0.15) is 0 Å². The summed E-state index contributed by atoms with van der Waals surface area (Å²) in [6.45, 7) is 2.21. The first kappa shape index (κ1) is 15.4. The summed E-state index contributed by atoms with van der Waals surface area (Å²) in [4.78, 5) is 13.2. The molecule has 4 saturated carbocycles. The number of rotatable bonds is 3. The quantitative estimate of drug-likeness (QED) is 0.691. The zero-order chi connectivity index (χ0) is 16.0. The van der Waals surface area contributed by atoms with Gasteiger partial charge in [0.2, 0.25) is 0 Å². The van der Waals surface area contributed by atoms with Gasteiger partial charge in [-0.05, 0) is 80.8 Å². The van der Waals surface area contributed by atoms with Crippen LogP contribution in [0.2, 0.25) is 0 Å². The molecule has 4 aliphatic carbocycles. The van der Waals surface area contributed by atoms with E-state index >= 15 is 0 Å². The Labute approximate surface area is 144 Å². The molecular weight excluding hydrogens is 304 g/mol. The summed E-state index contributed by atoms with van der Waals surface area (Å²) in [5.41, 5.74) is 1.11. The van der Waals surface area contributed by atoms with Crippen molar-refractivity contribution in [2.75, 3.05) is 5.32 Å². The largest absolute Gasteiger partial charge is 0.335 e. The topological polar surface area (TPSA) is 41.1 Å². The summed E-state index contributed by atoms with van der Waals surface area (Å²) < 4.78 is 0. The van der Waals surface area contributed by atoms with Gasteiger partial charge in [-0.15, -0.1) is 12.6 Å². The summed E-state index contributed by atoms with van der Waals surface area (Å²) in [6.07, 6.45) is 8.23. The molecule has 5 rings (SSSR count). The van der Waals surface area contributed by atoms with Gasteiger partial charge >= 0.3 is 6.03 Å². The van der Waals surface area contributed by atoms with Crippen molar-refractivity contribution in [1.82, 2.24) is 5.32 Å². The molecule has 0 spiro atoms. The van der Waals surface area contributed by atoms with Gasteiger partial charge in [0.1, 0.15) is 0 Å². The van der Waals surface area contributed by atoms with Gasteiger partial charge in [-0.25, -0.2) is 4.79 Å². The van der Waals surface area contributed by atoms with Crippen molar-refractivity contribution in [3.63, 3.8) is 0 Å². The molecule has 23 heavy (non-hydrogen) atoms. The highest BCUT2D eigenvalue weighted by Gasteiger charge is 2.53. The van der Waals surface area contributed by atoms with Crippen LogP contribution in [0.4, 0.5) is 10.5 Å². The van der Waals surface area contributed by atoms with Crippen LogP contribution in [0.5, 0.6) is 0 Å². The highest BCUT2D eigenvalue weighted by Crippen LogP contribution is 2.61. The number of carbonyl (C=O) groups is 1. The molecule has 0 heterocycles. The summed E-state index contributed by atoms with van der Waals surface area (Å²) in [5.74, 6) is 2.73. The Morgan fingerprint density at radius 1 is 1.13 bits per heavy atom. The summed E-state index contributed by atoms with van der Waals surface area (Å²) in [6, 6.07) is 7.75. The number of para-hydroxylation sites is 1. The summed E-state index contributed by atoms with van der Waals surface area (Å²) in [5, 5.41) is 6.18. The number of thiol groups is 1. The van der Waals surface area contributed by atoms with Gasteiger partial charge in [0, 0.05) is 10.9 Å². The van der Waals surface area contributed by atoms with E-state index in [-0.39, 0.29) is 12.1 Å². The molecule has 124 valence electrons. The average molecular weight is 330 g/mol. The first-order valence-electron chi connectivity index (χ1n) is 8.89. The van der Waals surface area contributed by atoms with E-state index in [1.165, 1.54) is 38.5 Å². The molecule has 1 aromatic rings. The third-order valence-electron chi connectivity index (χ3n) is 6.50. The Morgan fingerprint density at radius 2 is 1.70 bits per heavy atom. The van der Waals surface area contributed by atoms with Gasteiger partial charge in [-0.3, -0.25) is 0 Å². The molecule has 1 aromatic carbocycles. The zero-order valence-electron chi connectivity index (χ0n) is 13.7. The van der Waals surface area contributed by atoms with Gasteiger partial charge in [0.05, 0.1) is 5.69 Å². The van der Waals surface area contributed by atoms with E-state index in [9.17, 15) is 4.79 Å². The predicted octanol–water partition coefficient (Wildman–Crippen LogP) is 4.70. The molecule has 1 unspecified atom stereocenters. The van der Waals surface area contributed by atoms with Crippen molar-refractivity contribution < 1.29 is 4.79 Å². The standard InChI is InChI=1S/C19H26N2OS/c1-12(20-18(22)21-16-4-2-3-5-17(16)23)19-9-13-6-14(10-19)8-15(7-13)11-19/h2-5,12-15,23H,6-11H2,1H3,(H2,20,21,22). The minimum atomic E-state index is -0.102. The van der Waals surface area contributed by atoms with Crippen molar-refractivity contribution in [3.05, 3.63) is 24.3 Å². The molecule has 2 N–H and O–H groups in total. The van der Waals surface area contributed by atoms with Crippen molar-refractivity contribution in [3.8, 4) is 0 Å². The van der Waals surface area contributed by atoms with Gasteiger partial charge in [0.15, 0.2) is 0 Å². The van der Waals surface area contributed by atoms with E-state index in [0.717, 1.165) is 28.3 Å². The van der Waals surface area contributed by atoms with Crippen LogP contribution >= 0.6 is 12.6 Å². The smallest absolute Gasteiger partial charge is 0.319 e. The number of hydrogen-bond acceptors (Lipinski definition) is 2. The van der Waals surface area contributed by atoms with Crippen molar-refractivity contribution in [2.24, 2.45) is 23.2 Å². The number of amides is 2. The summed E-state index contributed by atoms with van der Waals surface area (Å²) >= 11 is 4.40. The molecule has 0 aromatic heterocycles. The Hall–Kier alpha value is -1.16. The second kappa shape index (κ2) is 5.73. The van der Waals surface area contributed by atoms with E-state index < -0.39 is 0 Å². The molecule has 3 nitrogen and oxygen atoms in total. The Balaban J connectivity index is 1.43. The lowest BCUT2D eigenvalue weighted by molar-refractivity contribution is -0.0679. The van der Waals surface area contributed by atoms with Crippen LogP contribution in [-0.4, -0.2) is 12.1 Å². The first-order chi connectivity index (χ1) is 11.0. The molecule has 4 heteroatoms. The Morgan fingerprint density at radius 3 is 2.26 bits per heavy atom. The van der Waals surface area contributed by atoms with Gasteiger partial charge in [0.25, 0.3) is 0 Å². The second-order valence-corrected chi connectivity index (χ2v) is 8.60. The maximum Gasteiger partial charge on any atom is 0.319 e. The van der Waals surface area contributed by atoms with Crippen LogP contribution in [0.1, 0.15) is 45.4 Å². The number of carbonyl (C=O) groups excluding carboxylic acids is 1. The minimum Gasteiger partial charge on any atom is -0.335 e. The van der Waals surface area contributed by atoms with Crippen molar-refractivity contribution in [2.45, 2.75) is 56.4 Å². The highest BCUT2D eigenvalue weighted by atomic mass is 32.1. The number of benzene rings is 1. The minimum absolute atomic E-state index is 0.102. The summed E-state index contributed by atoms with van der Waals surface area (Å²) in [7, 11) is 0. The van der Waals surface area contributed by atoms with E-state index in [1.807, 2.05) is 24.3 Å². The molecular formula is C19H26N2OS. The van der Waals surface area contributed by atoms with E-state index in [2.05, 4.69) is 30.2 Å². The SMILES string of the molecule is CC(NC(=O)Nc1ccccc1S)C12CC3CC(CC(C3)C1)C2. The fraction of sp³-hybridized carbons (Fsp3) is 0.632. The fourth-order valence-corrected chi connectivity index (χ4v) is 6.01. The molecule has 0 saturated heterocycles. The van der Waals surface area contributed by atoms with Crippen molar-refractivity contribution >= 4 is 24.3 Å². The van der Waals surface area contributed by atoms with E-state index in [1.54, 1.807) is 0 Å². The Kier molecular flexibility index (Phi) is 3.83. The molecule has 0 radical (unpaired) electrons. The maximum atomic E-state index is 12.4. The molecule has 2 amide bonds. The zero-order valence-corrected chi connectivity index (χ0v) is 14.6. The maximum absolute atomic E-state index is 12.4. The number of hydrogen-bond donors (Lipinski definition) is 3. The molecule has 0 aliphatic heterocycles. The van der Waals surface area contributed by atoms with E-state index in [4.69, 9.17) is 0 Å². The predicted molar refractivity (Wildman–Crippen MR) is 95.9 cm³/mol. The van der Waals surface area contributed by atoms with Gasteiger partial charge < -0.3 is 10.6 Å². The third-order valence-corrected chi connectivity index (χ3v) is 6.89. The van der Waals surface area contributed by atoms with Crippen LogP contribution < -0.4 is 10.6 Å². The molecule has 1 atom stereocenters. The monoisotopic (exact) mass is 330 g/mol. The lowest BCUT2D eigenvalue weighted by atomic mass is 9.48.